The van der Waals surface area contributed by atoms with Crippen LogP contribution in [0.5, 0.6) is 5.75 Å². The van der Waals surface area contributed by atoms with E-state index in [1.165, 1.54) is 0 Å². The quantitative estimate of drug-likeness (QED) is 0.645. The lowest BCUT2D eigenvalue weighted by atomic mass is 10.1. The van der Waals surface area contributed by atoms with Crippen molar-refractivity contribution in [1.82, 2.24) is 25.2 Å². The summed E-state index contributed by atoms with van der Waals surface area (Å²) < 4.78 is 5.21. The molecule has 1 N–H and O–H groups in total. The van der Waals surface area contributed by atoms with Gasteiger partial charge in [0.25, 0.3) is 11.8 Å². The van der Waals surface area contributed by atoms with Gasteiger partial charge >= 0.3 is 0 Å². The largest absolute Gasteiger partial charge is 0.497 e. The highest BCUT2D eigenvalue weighted by Gasteiger charge is 2.30. The highest BCUT2D eigenvalue weighted by atomic mass is 16.5. The molecule has 0 saturated carbocycles. The lowest BCUT2D eigenvalue weighted by Gasteiger charge is -2.16. The number of nitrogens with zero attached hydrogens (tertiary/aromatic N) is 4. The minimum absolute atomic E-state index is 0.0362. The molecule has 0 unspecified atom stereocenters. The minimum Gasteiger partial charge on any atom is -0.497 e. The van der Waals surface area contributed by atoms with Crippen LogP contribution in [0.25, 0.3) is 0 Å². The maximum Gasteiger partial charge on any atom is 0.255 e. The predicted octanol–water partition coefficient (Wildman–Crippen LogP) is 2.75. The van der Waals surface area contributed by atoms with Gasteiger partial charge in [0.2, 0.25) is 0 Å². The molecule has 1 saturated heterocycles. The number of rotatable bonds is 6. The summed E-state index contributed by atoms with van der Waals surface area (Å²) in [7, 11) is 1.61. The number of hydrogen-bond donors (Lipinski definition) is 1. The molecule has 0 radical (unpaired) electrons. The Morgan fingerprint density at radius 1 is 1.22 bits per heavy atom. The van der Waals surface area contributed by atoms with E-state index in [0.29, 0.717) is 42.3 Å². The van der Waals surface area contributed by atoms with Gasteiger partial charge in [-0.2, -0.15) is 0 Å². The van der Waals surface area contributed by atoms with Gasteiger partial charge in [0.05, 0.1) is 23.9 Å². The maximum absolute atomic E-state index is 12.6. The zero-order valence-corrected chi connectivity index (χ0v) is 18.1. The Kier molecular flexibility index (Phi) is 6.39. The fourth-order valence-electron chi connectivity index (χ4n) is 3.79. The van der Waals surface area contributed by atoms with Gasteiger partial charge in [0, 0.05) is 44.1 Å². The number of methoxy groups -OCH3 is 1. The zero-order chi connectivity index (χ0) is 22.5. The van der Waals surface area contributed by atoms with Crippen LogP contribution in [0.2, 0.25) is 0 Å². The van der Waals surface area contributed by atoms with E-state index in [2.05, 4.69) is 20.3 Å². The summed E-state index contributed by atoms with van der Waals surface area (Å²) in [4.78, 5) is 40.1. The van der Waals surface area contributed by atoms with Crippen LogP contribution < -0.4 is 10.1 Å². The number of amides is 2. The number of aromatic nitrogens is 3. The van der Waals surface area contributed by atoms with Crippen molar-refractivity contribution in [3.63, 3.8) is 0 Å². The number of carbonyl (C=O) groups is 2. The van der Waals surface area contributed by atoms with Crippen LogP contribution in [0.3, 0.4) is 0 Å². The van der Waals surface area contributed by atoms with Crippen molar-refractivity contribution in [2.75, 3.05) is 20.2 Å². The first-order chi connectivity index (χ1) is 15.5. The first-order valence-electron chi connectivity index (χ1n) is 10.5. The van der Waals surface area contributed by atoms with E-state index in [9.17, 15) is 9.59 Å². The molecule has 0 aliphatic carbocycles. The van der Waals surface area contributed by atoms with Gasteiger partial charge in [-0.25, -0.2) is 9.97 Å². The Balaban J connectivity index is 1.38. The fraction of sp³-hybridized carbons (Fsp3) is 0.292. The summed E-state index contributed by atoms with van der Waals surface area (Å²) >= 11 is 0. The molecule has 3 heterocycles. The van der Waals surface area contributed by atoms with Crippen LogP contribution in [0, 0.1) is 6.92 Å². The van der Waals surface area contributed by atoms with Crippen molar-refractivity contribution in [3.05, 3.63) is 83.2 Å². The lowest BCUT2D eigenvalue weighted by Crippen LogP contribution is -2.28. The Hall–Kier alpha value is -3.81. The van der Waals surface area contributed by atoms with Crippen molar-refractivity contribution in [3.8, 4) is 5.75 Å². The van der Waals surface area contributed by atoms with Gasteiger partial charge in [-0.15, -0.1) is 0 Å². The molecule has 1 aromatic carbocycles. The number of pyridine rings is 1. The number of benzene rings is 1. The van der Waals surface area contributed by atoms with Gasteiger partial charge in [0.15, 0.2) is 0 Å². The second kappa shape index (κ2) is 9.55. The topological polar surface area (TPSA) is 97.3 Å². The highest BCUT2D eigenvalue weighted by molar-refractivity contribution is 5.95. The van der Waals surface area contributed by atoms with Gasteiger partial charge < -0.3 is 15.0 Å². The Morgan fingerprint density at radius 3 is 2.84 bits per heavy atom. The summed E-state index contributed by atoms with van der Waals surface area (Å²) in [5.41, 5.74) is 2.58. The fourth-order valence-corrected chi connectivity index (χ4v) is 3.79. The van der Waals surface area contributed by atoms with E-state index < -0.39 is 0 Å². The van der Waals surface area contributed by atoms with Crippen molar-refractivity contribution in [2.45, 2.75) is 25.8 Å². The molecule has 1 aliphatic rings. The lowest BCUT2D eigenvalue weighted by molar-refractivity contribution is 0.0790. The van der Waals surface area contributed by atoms with Gasteiger partial charge in [-0.1, -0.05) is 12.1 Å². The number of likely N-dealkylation sites (tertiary alicyclic amines) is 1. The molecule has 1 atom stereocenters. The molecule has 4 rings (SSSR count). The summed E-state index contributed by atoms with van der Waals surface area (Å²) in [6.07, 6.45) is 5.58. The van der Waals surface area contributed by atoms with Crippen LogP contribution in [0.15, 0.2) is 55.0 Å². The molecule has 1 aliphatic heterocycles. The van der Waals surface area contributed by atoms with Gasteiger partial charge in [0.1, 0.15) is 11.6 Å². The normalized spacial score (nSPS) is 15.4. The second-order valence-corrected chi connectivity index (χ2v) is 7.74. The first kappa shape index (κ1) is 21.4. The van der Waals surface area contributed by atoms with E-state index in [4.69, 9.17) is 4.74 Å². The standard InChI is InChI=1S/C24H25N5O3/c1-16-21(23(30)27-12-17-5-3-7-20(11-17)32-2)14-26-22(28-16)19-8-10-29(15-19)24(31)18-6-4-9-25-13-18/h3-7,9,11,13-14,19H,8,10,12,15H2,1-2H3,(H,27,30)/t19-/m1/s1. The van der Waals surface area contributed by atoms with Crippen LogP contribution >= 0.6 is 0 Å². The molecule has 8 heteroatoms. The summed E-state index contributed by atoms with van der Waals surface area (Å²) in [5.74, 6) is 1.19. The maximum atomic E-state index is 12.6. The molecule has 2 aromatic heterocycles. The van der Waals surface area contributed by atoms with Gasteiger partial charge in [-0.05, 0) is 43.2 Å². The molecule has 0 spiro atoms. The average Bonchev–Trinajstić information content (AvgIpc) is 3.33. The molecule has 32 heavy (non-hydrogen) atoms. The summed E-state index contributed by atoms with van der Waals surface area (Å²) in [6, 6.07) is 11.1. The third-order valence-corrected chi connectivity index (χ3v) is 5.58. The number of aryl methyl sites for hydroxylation is 1. The smallest absolute Gasteiger partial charge is 0.255 e. The summed E-state index contributed by atoms with van der Waals surface area (Å²) in [5, 5.41) is 2.90. The Bertz CT molecular complexity index is 1120. The molecule has 8 nitrogen and oxygen atoms in total. The van der Waals surface area contributed by atoms with E-state index in [1.54, 1.807) is 49.7 Å². The third kappa shape index (κ3) is 4.74. The monoisotopic (exact) mass is 431 g/mol. The molecule has 164 valence electrons. The minimum atomic E-state index is -0.225. The third-order valence-electron chi connectivity index (χ3n) is 5.58. The van der Waals surface area contributed by atoms with E-state index in [0.717, 1.165) is 17.7 Å². The van der Waals surface area contributed by atoms with Crippen LogP contribution in [0.4, 0.5) is 0 Å². The van der Waals surface area contributed by atoms with Crippen molar-refractivity contribution in [1.29, 1.82) is 0 Å². The number of ether oxygens (including phenoxy) is 1. The second-order valence-electron chi connectivity index (χ2n) is 7.74. The van der Waals surface area contributed by atoms with E-state index in [-0.39, 0.29) is 17.7 Å². The Morgan fingerprint density at radius 2 is 2.09 bits per heavy atom. The summed E-state index contributed by atoms with van der Waals surface area (Å²) in [6.45, 7) is 3.38. The van der Waals surface area contributed by atoms with Crippen LogP contribution in [-0.2, 0) is 6.54 Å². The van der Waals surface area contributed by atoms with Crippen molar-refractivity contribution >= 4 is 11.8 Å². The highest BCUT2D eigenvalue weighted by Crippen LogP contribution is 2.26. The zero-order valence-electron chi connectivity index (χ0n) is 18.1. The Labute approximate surface area is 186 Å². The van der Waals surface area contributed by atoms with Crippen LogP contribution in [0.1, 0.15) is 50.1 Å². The predicted molar refractivity (Wildman–Crippen MR) is 118 cm³/mol. The molecule has 3 aromatic rings. The molecule has 1 fully saturated rings. The van der Waals surface area contributed by atoms with Crippen molar-refractivity contribution < 1.29 is 14.3 Å². The average molecular weight is 431 g/mol. The number of carbonyl (C=O) groups excluding carboxylic acids is 2. The van der Waals surface area contributed by atoms with E-state index in [1.807, 2.05) is 24.3 Å². The van der Waals surface area contributed by atoms with E-state index >= 15 is 0 Å². The molecule has 2 amide bonds. The molecular formula is C24H25N5O3. The first-order valence-corrected chi connectivity index (χ1v) is 10.5. The number of nitrogens with one attached hydrogen (secondary N) is 1. The molecule has 0 bridgehead atoms. The van der Waals surface area contributed by atoms with Crippen LogP contribution in [-0.4, -0.2) is 51.9 Å². The van der Waals surface area contributed by atoms with Crippen molar-refractivity contribution in [2.24, 2.45) is 0 Å². The SMILES string of the molecule is COc1cccc(CNC(=O)c2cnc([C@@H]3CCN(C(=O)c4cccnc4)C3)nc2C)c1. The van der Waals surface area contributed by atoms with Gasteiger partial charge in [-0.3, -0.25) is 14.6 Å². The number of hydrogen-bond acceptors (Lipinski definition) is 6. The molecular weight excluding hydrogens is 406 g/mol.